The van der Waals surface area contributed by atoms with E-state index < -0.39 is 5.97 Å². The van der Waals surface area contributed by atoms with Gasteiger partial charge >= 0.3 is 5.97 Å². The van der Waals surface area contributed by atoms with Gasteiger partial charge in [0, 0.05) is 12.6 Å². The van der Waals surface area contributed by atoms with E-state index in [0.29, 0.717) is 18.2 Å². The van der Waals surface area contributed by atoms with E-state index in [2.05, 4.69) is 18.7 Å². The summed E-state index contributed by atoms with van der Waals surface area (Å²) in [6.45, 7) is 5.86. The number of likely N-dealkylation sites (tertiary alicyclic amines) is 1. The summed E-state index contributed by atoms with van der Waals surface area (Å²) in [5.74, 6) is -0.802. The molecule has 92 valence electrons. The Morgan fingerprint density at radius 2 is 1.94 bits per heavy atom. The van der Waals surface area contributed by atoms with Gasteiger partial charge in [0.15, 0.2) is 0 Å². The molecule has 2 heterocycles. The lowest BCUT2D eigenvalue weighted by Gasteiger charge is -2.37. The molecule has 0 spiro atoms. The molecular weight excluding hydrogens is 206 g/mol. The van der Waals surface area contributed by atoms with Crippen molar-refractivity contribution in [3.8, 4) is 0 Å². The lowest BCUT2D eigenvalue weighted by Crippen LogP contribution is -2.43. The van der Waals surface area contributed by atoms with E-state index in [1.165, 1.54) is 0 Å². The quantitative estimate of drug-likeness (QED) is 0.773. The molecular formula is C12H21NO3. The van der Waals surface area contributed by atoms with Crippen LogP contribution in [0.25, 0.3) is 0 Å². The van der Waals surface area contributed by atoms with Crippen molar-refractivity contribution in [2.75, 3.05) is 13.1 Å². The van der Waals surface area contributed by atoms with Crippen LogP contribution in [0.4, 0.5) is 0 Å². The highest BCUT2D eigenvalue weighted by atomic mass is 16.5. The molecule has 0 radical (unpaired) electrons. The SMILES string of the molecule is CC1CC(N2CCC(C(=O)O)C2)CC(C)O1. The Kier molecular flexibility index (Phi) is 3.50. The summed E-state index contributed by atoms with van der Waals surface area (Å²) in [5, 5.41) is 8.98. The van der Waals surface area contributed by atoms with Crippen molar-refractivity contribution in [2.24, 2.45) is 5.92 Å². The molecule has 0 aromatic rings. The van der Waals surface area contributed by atoms with Gasteiger partial charge in [0.05, 0.1) is 18.1 Å². The molecule has 2 aliphatic heterocycles. The number of hydrogen-bond donors (Lipinski definition) is 1. The van der Waals surface area contributed by atoms with Gasteiger partial charge in [-0.2, -0.15) is 0 Å². The predicted octanol–water partition coefficient (Wildman–Crippen LogP) is 1.35. The normalized spacial score (nSPS) is 41.1. The van der Waals surface area contributed by atoms with Gasteiger partial charge in [0.2, 0.25) is 0 Å². The van der Waals surface area contributed by atoms with E-state index in [-0.39, 0.29) is 5.92 Å². The number of hydrogen-bond acceptors (Lipinski definition) is 3. The first-order chi connectivity index (χ1) is 7.56. The van der Waals surface area contributed by atoms with Crippen LogP contribution < -0.4 is 0 Å². The second kappa shape index (κ2) is 4.72. The van der Waals surface area contributed by atoms with Crippen LogP contribution in [0.15, 0.2) is 0 Å². The lowest BCUT2D eigenvalue weighted by atomic mass is 9.98. The molecule has 1 N–H and O–H groups in total. The summed E-state index contributed by atoms with van der Waals surface area (Å²) in [7, 11) is 0. The molecule has 3 unspecified atom stereocenters. The van der Waals surface area contributed by atoms with E-state index in [1.807, 2.05) is 0 Å². The number of nitrogens with zero attached hydrogens (tertiary/aromatic N) is 1. The van der Waals surface area contributed by atoms with Gasteiger partial charge in [-0.25, -0.2) is 0 Å². The monoisotopic (exact) mass is 227 g/mol. The fourth-order valence-corrected chi connectivity index (χ4v) is 2.99. The maximum atomic E-state index is 10.9. The summed E-state index contributed by atoms with van der Waals surface area (Å²) in [5.41, 5.74) is 0. The van der Waals surface area contributed by atoms with Gasteiger partial charge in [0.25, 0.3) is 0 Å². The topological polar surface area (TPSA) is 49.8 Å². The summed E-state index contributed by atoms with van der Waals surface area (Å²) in [6, 6.07) is 0.517. The molecule has 2 rings (SSSR count). The van der Waals surface area contributed by atoms with Crippen molar-refractivity contribution in [1.82, 2.24) is 4.90 Å². The Hall–Kier alpha value is -0.610. The number of carboxylic acid groups (broad SMARTS) is 1. The van der Waals surface area contributed by atoms with Crippen LogP contribution in [0.1, 0.15) is 33.1 Å². The highest BCUT2D eigenvalue weighted by molar-refractivity contribution is 5.70. The summed E-state index contributed by atoms with van der Waals surface area (Å²) >= 11 is 0. The Morgan fingerprint density at radius 1 is 1.31 bits per heavy atom. The van der Waals surface area contributed by atoms with Crippen LogP contribution in [0.5, 0.6) is 0 Å². The predicted molar refractivity (Wildman–Crippen MR) is 60.3 cm³/mol. The Labute approximate surface area is 96.6 Å². The van der Waals surface area contributed by atoms with Crippen molar-refractivity contribution in [3.05, 3.63) is 0 Å². The third-order valence-corrected chi connectivity index (χ3v) is 3.76. The van der Waals surface area contributed by atoms with Crippen molar-refractivity contribution < 1.29 is 14.6 Å². The van der Waals surface area contributed by atoms with E-state index in [0.717, 1.165) is 32.4 Å². The number of aliphatic carboxylic acids is 1. The summed E-state index contributed by atoms with van der Waals surface area (Å²) < 4.78 is 5.71. The van der Waals surface area contributed by atoms with Gasteiger partial charge in [0.1, 0.15) is 0 Å². The van der Waals surface area contributed by atoms with Gasteiger partial charge < -0.3 is 9.84 Å². The fraction of sp³-hybridized carbons (Fsp3) is 0.917. The molecule has 2 fully saturated rings. The van der Waals surface area contributed by atoms with Gasteiger partial charge in [-0.05, 0) is 39.7 Å². The number of ether oxygens (including phenoxy) is 1. The number of carboxylic acids is 1. The first-order valence-corrected chi connectivity index (χ1v) is 6.18. The Morgan fingerprint density at radius 3 is 2.44 bits per heavy atom. The zero-order valence-corrected chi connectivity index (χ0v) is 10.1. The molecule has 4 heteroatoms. The highest BCUT2D eigenvalue weighted by Gasteiger charge is 2.35. The molecule has 0 aliphatic carbocycles. The third-order valence-electron chi connectivity index (χ3n) is 3.76. The minimum atomic E-state index is -0.643. The van der Waals surface area contributed by atoms with Gasteiger partial charge in [-0.15, -0.1) is 0 Å². The second-order valence-electron chi connectivity index (χ2n) is 5.20. The van der Waals surface area contributed by atoms with Crippen LogP contribution in [0.3, 0.4) is 0 Å². The standard InChI is InChI=1S/C12H21NO3/c1-8-5-11(6-9(2)16-8)13-4-3-10(7-13)12(14)15/h8-11H,3-7H2,1-2H3,(H,14,15). The molecule has 0 aromatic carbocycles. The Bertz CT molecular complexity index is 259. The van der Waals surface area contributed by atoms with Gasteiger partial charge in [-0.3, -0.25) is 9.69 Å². The number of rotatable bonds is 2. The molecule has 2 saturated heterocycles. The molecule has 0 amide bonds. The van der Waals surface area contributed by atoms with E-state index in [4.69, 9.17) is 9.84 Å². The molecule has 0 bridgehead atoms. The van der Waals surface area contributed by atoms with Crippen molar-refractivity contribution in [2.45, 2.75) is 51.4 Å². The molecule has 0 aromatic heterocycles. The third kappa shape index (κ3) is 2.55. The van der Waals surface area contributed by atoms with Crippen molar-refractivity contribution in [3.63, 3.8) is 0 Å². The zero-order chi connectivity index (χ0) is 11.7. The van der Waals surface area contributed by atoms with Crippen molar-refractivity contribution >= 4 is 5.97 Å². The molecule has 4 nitrogen and oxygen atoms in total. The maximum absolute atomic E-state index is 10.9. The first-order valence-electron chi connectivity index (χ1n) is 6.18. The molecule has 2 aliphatic rings. The first kappa shape index (κ1) is 11.9. The van der Waals surface area contributed by atoms with Crippen LogP contribution in [-0.4, -0.2) is 47.3 Å². The minimum absolute atomic E-state index is 0.159. The average Bonchev–Trinajstić information content (AvgIpc) is 2.64. The van der Waals surface area contributed by atoms with Crippen LogP contribution >= 0.6 is 0 Å². The van der Waals surface area contributed by atoms with E-state index in [9.17, 15) is 4.79 Å². The zero-order valence-electron chi connectivity index (χ0n) is 10.1. The van der Waals surface area contributed by atoms with Crippen LogP contribution in [0.2, 0.25) is 0 Å². The fourth-order valence-electron chi connectivity index (χ4n) is 2.99. The Balaban J connectivity index is 1.91. The van der Waals surface area contributed by atoms with Crippen molar-refractivity contribution in [1.29, 1.82) is 0 Å². The van der Waals surface area contributed by atoms with Crippen LogP contribution in [0, 0.1) is 5.92 Å². The average molecular weight is 227 g/mol. The lowest BCUT2D eigenvalue weighted by molar-refractivity contribution is -0.141. The van der Waals surface area contributed by atoms with Gasteiger partial charge in [-0.1, -0.05) is 0 Å². The minimum Gasteiger partial charge on any atom is -0.481 e. The van der Waals surface area contributed by atoms with E-state index in [1.54, 1.807) is 0 Å². The summed E-state index contributed by atoms with van der Waals surface area (Å²) in [4.78, 5) is 13.2. The largest absolute Gasteiger partial charge is 0.481 e. The highest BCUT2D eigenvalue weighted by Crippen LogP contribution is 2.28. The number of carbonyl (C=O) groups is 1. The molecule has 3 atom stereocenters. The maximum Gasteiger partial charge on any atom is 0.307 e. The second-order valence-corrected chi connectivity index (χ2v) is 5.20. The van der Waals surface area contributed by atoms with E-state index >= 15 is 0 Å². The smallest absolute Gasteiger partial charge is 0.307 e. The molecule has 16 heavy (non-hydrogen) atoms. The molecule has 0 saturated carbocycles. The summed E-state index contributed by atoms with van der Waals surface area (Å²) in [6.07, 6.45) is 3.48. The van der Waals surface area contributed by atoms with Crippen LogP contribution in [-0.2, 0) is 9.53 Å².